The van der Waals surface area contributed by atoms with Crippen LogP contribution in [0, 0.1) is 5.82 Å². The molecule has 2 N–H and O–H groups in total. The molecule has 1 aromatic carbocycles. The van der Waals surface area contributed by atoms with E-state index in [1.54, 1.807) is 7.05 Å². The molecule has 0 aliphatic carbocycles. The zero-order valence-electron chi connectivity index (χ0n) is 23.1. The first-order chi connectivity index (χ1) is 19.8. The van der Waals surface area contributed by atoms with Crippen LogP contribution in [0.5, 0.6) is 11.9 Å². The molecule has 3 aliphatic rings. The molecule has 0 amide bonds. The molecule has 42 heavy (non-hydrogen) atoms. The Hall–Kier alpha value is -3.20. The Balaban J connectivity index is 1.55. The van der Waals surface area contributed by atoms with Gasteiger partial charge in [0, 0.05) is 38.0 Å². The lowest BCUT2D eigenvalue weighted by atomic mass is 10.0. The minimum Gasteiger partial charge on any atom is -0.469 e. The van der Waals surface area contributed by atoms with Gasteiger partial charge in [0.15, 0.2) is 5.82 Å². The van der Waals surface area contributed by atoms with Crippen molar-refractivity contribution in [1.29, 1.82) is 0 Å². The Morgan fingerprint density at radius 3 is 2.71 bits per heavy atom. The predicted molar refractivity (Wildman–Crippen MR) is 147 cm³/mol. The van der Waals surface area contributed by atoms with Crippen molar-refractivity contribution in [2.45, 2.75) is 37.3 Å². The topological polar surface area (TPSA) is 108 Å². The van der Waals surface area contributed by atoms with Crippen LogP contribution in [0.1, 0.15) is 18.9 Å². The highest BCUT2D eigenvalue weighted by atomic mass is 35.5. The number of nitrogens with zero attached hydrogens (tertiary/aromatic N) is 5. The Kier molecular flexibility index (Phi) is 7.23. The average molecular weight is 613 g/mol. The Morgan fingerprint density at radius 1 is 1.19 bits per heavy atom. The highest BCUT2D eigenvalue weighted by Crippen LogP contribution is 2.46. The second kappa shape index (κ2) is 10.5. The van der Waals surface area contributed by atoms with Gasteiger partial charge < -0.3 is 34.5 Å². The number of hydrogen-bond acceptors (Lipinski definition) is 10. The van der Waals surface area contributed by atoms with E-state index in [9.17, 15) is 13.2 Å². The molecule has 3 atom stereocenters. The number of alkyl halides is 3. The number of fused-ring (bicyclic) bond motifs is 1. The van der Waals surface area contributed by atoms with Crippen molar-refractivity contribution >= 4 is 34.0 Å². The van der Waals surface area contributed by atoms with Gasteiger partial charge in [0.1, 0.15) is 40.7 Å². The third-order valence-corrected chi connectivity index (χ3v) is 8.06. The quantitative estimate of drug-likeness (QED) is 0.341. The summed E-state index contributed by atoms with van der Waals surface area (Å²) in [5, 5.41) is -0.590. The molecule has 6 rings (SSSR count). The lowest BCUT2D eigenvalue weighted by Gasteiger charge is -2.38. The standard InChI is InChI=1S/C27H29ClF4N6O4/c1-26(11-37(2)5-7-41-26)12-40-25-35-22-18-23(36-25)38(3)16-4-6-39-10-17(16)42-24(18)34-21(20(22)29)14-8-13(33)9-15(28)19(14)27(30,31)32/h8-9,16-17H,4-7,10-12,33H2,1-3H3/t16-,17-,26?/m0/s1. The van der Waals surface area contributed by atoms with Crippen molar-refractivity contribution < 1.29 is 36.5 Å². The van der Waals surface area contributed by atoms with Crippen molar-refractivity contribution in [3.05, 3.63) is 28.5 Å². The van der Waals surface area contributed by atoms with Crippen LogP contribution in [-0.4, -0.2) is 91.2 Å². The van der Waals surface area contributed by atoms with Crippen molar-refractivity contribution in [3.63, 3.8) is 0 Å². The van der Waals surface area contributed by atoms with Crippen LogP contribution in [0.25, 0.3) is 22.2 Å². The molecule has 15 heteroatoms. The number of ether oxygens (including phenoxy) is 4. The molecule has 1 unspecified atom stereocenters. The molecule has 10 nitrogen and oxygen atoms in total. The summed E-state index contributed by atoms with van der Waals surface area (Å²) >= 11 is 5.98. The zero-order chi connectivity index (χ0) is 30.0. The van der Waals surface area contributed by atoms with Gasteiger partial charge in [-0.15, -0.1) is 0 Å². The highest BCUT2D eigenvalue weighted by molar-refractivity contribution is 6.32. The summed E-state index contributed by atoms with van der Waals surface area (Å²) in [5.41, 5.74) is 2.15. The summed E-state index contributed by atoms with van der Waals surface area (Å²) in [5.74, 6) is -0.998. The fourth-order valence-corrected chi connectivity index (χ4v) is 6.13. The first-order valence-electron chi connectivity index (χ1n) is 13.3. The maximum atomic E-state index is 16.4. The third-order valence-electron chi connectivity index (χ3n) is 7.76. The largest absolute Gasteiger partial charge is 0.469 e. The number of hydrogen-bond donors (Lipinski definition) is 1. The minimum absolute atomic E-state index is 0.0534. The highest BCUT2D eigenvalue weighted by Gasteiger charge is 2.41. The lowest BCUT2D eigenvalue weighted by molar-refractivity contribution is -0.137. The molecule has 0 bridgehead atoms. The molecule has 0 radical (unpaired) electrons. The van der Waals surface area contributed by atoms with Crippen LogP contribution in [0.3, 0.4) is 0 Å². The fourth-order valence-electron chi connectivity index (χ4n) is 5.79. The normalized spacial score (nSPS) is 24.7. The number of likely N-dealkylation sites (N-methyl/N-ethyl adjacent to an activating group) is 2. The molecule has 2 saturated heterocycles. The number of halogens is 5. The van der Waals surface area contributed by atoms with Crippen molar-refractivity contribution in [1.82, 2.24) is 19.9 Å². The van der Waals surface area contributed by atoms with E-state index in [2.05, 4.69) is 19.9 Å². The summed E-state index contributed by atoms with van der Waals surface area (Å²) in [6, 6.07) is 1.52. The molecular formula is C27H29ClF4N6O4. The Labute approximate surface area is 243 Å². The van der Waals surface area contributed by atoms with Crippen LogP contribution in [-0.2, 0) is 15.7 Å². The van der Waals surface area contributed by atoms with Gasteiger partial charge in [0.05, 0.1) is 29.8 Å². The van der Waals surface area contributed by atoms with Gasteiger partial charge >= 0.3 is 12.2 Å². The van der Waals surface area contributed by atoms with E-state index in [1.165, 1.54) is 0 Å². The number of nitrogen functional groups attached to an aromatic ring is 1. The molecule has 0 spiro atoms. The van der Waals surface area contributed by atoms with Gasteiger partial charge in [-0.25, -0.2) is 9.37 Å². The maximum absolute atomic E-state index is 16.4. The van der Waals surface area contributed by atoms with Gasteiger partial charge in [-0.1, -0.05) is 11.6 Å². The first kappa shape index (κ1) is 28.9. The van der Waals surface area contributed by atoms with Crippen LogP contribution >= 0.6 is 11.6 Å². The van der Waals surface area contributed by atoms with E-state index in [-0.39, 0.29) is 53.6 Å². The monoisotopic (exact) mass is 612 g/mol. The van der Waals surface area contributed by atoms with Gasteiger partial charge in [0.2, 0.25) is 5.88 Å². The molecule has 0 saturated carbocycles. The van der Waals surface area contributed by atoms with Crippen molar-refractivity contribution in [2.24, 2.45) is 0 Å². The molecule has 2 aromatic heterocycles. The van der Waals surface area contributed by atoms with Crippen LogP contribution < -0.4 is 20.1 Å². The molecular weight excluding hydrogens is 584 g/mol. The number of nitrogens with two attached hydrogens (primary N) is 1. The second-order valence-electron chi connectivity index (χ2n) is 11.1. The summed E-state index contributed by atoms with van der Waals surface area (Å²) in [6.45, 7) is 4.43. The SMILES string of the molecule is CN1CCOC(C)(COc2nc3c4c(nc(-c5cc(N)cc(Cl)c5C(F)(F)F)c(F)c4n2)O[C@H]2COCC[C@@H]2N3C)C1. The van der Waals surface area contributed by atoms with Gasteiger partial charge in [-0.3, -0.25) is 0 Å². The molecule has 2 fully saturated rings. The maximum Gasteiger partial charge on any atom is 0.418 e. The number of benzene rings is 1. The zero-order valence-corrected chi connectivity index (χ0v) is 23.9. The molecule has 226 valence electrons. The average Bonchev–Trinajstić information content (AvgIpc) is 3.03. The minimum atomic E-state index is -4.94. The van der Waals surface area contributed by atoms with Crippen LogP contribution in [0.4, 0.5) is 29.1 Å². The van der Waals surface area contributed by atoms with Crippen molar-refractivity contribution in [2.75, 3.05) is 64.2 Å². The van der Waals surface area contributed by atoms with E-state index in [0.717, 1.165) is 18.7 Å². The fraction of sp³-hybridized carbons (Fsp3) is 0.519. The second-order valence-corrected chi connectivity index (χ2v) is 11.5. The smallest absolute Gasteiger partial charge is 0.418 e. The molecule has 3 aromatic rings. The van der Waals surface area contributed by atoms with Gasteiger partial charge in [-0.2, -0.15) is 23.1 Å². The number of aromatic nitrogens is 3. The van der Waals surface area contributed by atoms with Crippen LogP contribution in [0.2, 0.25) is 5.02 Å². The Morgan fingerprint density at radius 2 is 1.98 bits per heavy atom. The van der Waals surface area contributed by atoms with Gasteiger partial charge in [0.25, 0.3) is 0 Å². The summed E-state index contributed by atoms with van der Waals surface area (Å²) in [7, 11) is 3.74. The first-order valence-corrected chi connectivity index (χ1v) is 13.7. The van der Waals surface area contributed by atoms with E-state index in [4.69, 9.17) is 36.3 Å². The lowest BCUT2D eigenvalue weighted by Crippen LogP contribution is -2.51. The number of rotatable bonds is 4. The van der Waals surface area contributed by atoms with E-state index in [1.807, 2.05) is 18.9 Å². The number of anilines is 2. The third kappa shape index (κ3) is 5.14. The van der Waals surface area contributed by atoms with E-state index >= 15 is 4.39 Å². The van der Waals surface area contributed by atoms with E-state index in [0.29, 0.717) is 26.2 Å². The van der Waals surface area contributed by atoms with Gasteiger partial charge in [-0.05, 0) is 32.5 Å². The van der Waals surface area contributed by atoms with Crippen LogP contribution in [0.15, 0.2) is 12.1 Å². The number of morpholine rings is 1. The summed E-state index contributed by atoms with van der Waals surface area (Å²) in [6.07, 6.45) is -4.94. The van der Waals surface area contributed by atoms with E-state index < -0.39 is 45.5 Å². The summed E-state index contributed by atoms with van der Waals surface area (Å²) in [4.78, 5) is 17.1. The predicted octanol–water partition coefficient (Wildman–Crippen LogP) is 4.17. The summed E-state index contributed by atoms with van der Waals surface area (Å²) < 4.78 is 82.7. The van der Waals surface area contributed by atoms with Crippen molar-refractivity contribution in [3.8, 4) is 23.1 Å². The molecule has 5 heterocycles. The molecule has 3 aliphatic heterocycles. The number of pyridine rings is 1. The Bertz CT molecular complexity index is 1550.